The summed E-state index contributed by atoms with van der Waals surface area (Å²) in [5, 5.41) is 9.75. The zero-order valence-electron chi connectivity index (χ0n) is 15.2. The van der Waals surface area contributed by atoms with Crippen molar-refractivity contribution in [2.24, 2.45) is 0 Å². The van der Waals surface area contributed by atoms with Crippen LogP contribution in [-0.2, 0) is 9.47 Å². The zero-order valence-corrected chi connectivity index (χ0v) is 15.9. The van der Waals surface area contributed by atoms with Crippen LogP contribution in [-0.4, -0.2) is 31.0 Å². The number of rotatable bonds is 6. The van der Waals surface area contributed by atoms with Crippen LogP contribution in [0.4, 0.5) is 4.39 Å². The van der Waals surface area contributed by atoms with Crippen LogP contribution in [0.5, 0.6) is 5.75 Å². The van der Waals surface area contributed by atoms with Gasteiger partial charge in [0.1, 0.15) is 23.2 Å². The summed E-state index contributed by atoms with van der Waals surface area (Å²) < 4.78 is 31.0. The number of nitrogens with zero attached hydrogens (tertiary/aromatic N) is 2. The van der Waals surface area contributed by atoms with Crippen molar-refractivity contribution in [1.29, 1.82) is 5.26 Å². The number of hydrogen-bond acceptors (Lipinski definition) is 5. The lowest BCUT2D eigenvalue weighted by atomic mass is 10.1. The third-order valence-electron chi connectivity index (χ3n) is 4.04. The minimum atomic E-state index is -0.606. The lowest BCUT2D eigenvalue weighted by molar-refractivity contribution is 0.0438. The summed E-state index contributed by atoms with van der Waals surface area (Å²) in [6.45, 7) is 1.87. The molecule has 1 aromatic heterocycles. The second kappa shape index (κ2) is 8.30. The van der Waals surface area contributed by atoms with Gasteiger partial charge in [-0.05, 0) is 31.2 Å². The highest BCUT2D eigenvalue weighted by Crippen LogP contribution is 2.31. The molecular weight excluding hydrogens is 387 g/mol. The van der Waals surface area contributed by atoms with E-state index < -0.39 is 11.8 Å². The van der Waals surface area contributed by atoms with Crippen LogP contribution in [0.1, 0.15) is 22.8 Å². The first-order chi connectivity index (χ1) is 13.5. The maximum absolute atomic E-state index is 13.9. The van der Waals surface area contributed by atoms with E-state index in [2.05, 4.69) is 0 Å². The molecule has 0 unspecified atom stereocenters. The van der Waals surface area contributed by atoms with Crippen molar-refractivity contribution in [2.45, 2.75) is 6.92 Å². The topological polar surface area (TPSA) is 73.5 Å². The third kappa shape index (κ3) is 3.65. The number of esters is 1. The minimum Gasteiger partial charge on any atom is -0.467 e. The molecule has 1 heterocycles. The molecule has 0 saturated heterocycles. The van der Waals surface area contributed by atoms with Crippen LogP contribution in [0.3, 0.4) is 0 Å². The Kier molecular flexibility index (Phi) is 5.83. The van der Waals surface area contributed by atoms with Crippen molar-refractivity contribution in [3.05, 3.63) is 58.5 Å². The van der Waals surface area contributed by atoms with Gasteiger partial charge in [-0.3, -0.25) is 0 Å². The smallest absolute Gasteiger partial charge is 0.341 e. The summed E-state index contributed by atoms with van der Waals surface area (Å²) in [6, 6.07) is 9.56. The van der Waals surface area contributed by atoms with Gasteiger partial charge in [0.05, 0.1) is 22.7 Å². The summed E-state index contributed by atoms with van der Waals surface area (Å²) >= 11 is 5.93. The standard InChI is InChI=1S/C20H16ClFN2O4/c1-3-27-20(25)14-5-4-13(6-19(14)28-11-26-2)24-10-12(9-23)15-7-17(22)16(21)8-18(15)24/h4-8,10H,3,11H2,1-2H3. The fourth-order valence-electron chi connectivity index (χ4n) is 2.80. The number of nitriles is 1. The van der Waals surface area contributed by atoms with Crippen molar-refractivity contribution in [2.75, 3.05) is 20.5 Å². The summed E-state index contributed by atoms with van der Waals surface area (Å²) in [7, 11) is 1.46. The molecule has 6 nitrogen and oxygen atoms in total. The van der Waals surface area contributed by atoms with Crippen molar-refractivity contribution in [3.8, 4) is 17.5 Å². The number of hydrogen-bond donors (Lipinski definition) is 0. The van der Waals surface area contributed by atoms with Crippen molar-refractivity contribution >= 4 is 28.5 Å². The molecule has 0 N–H and O–H groups in total. The van der Waals surface area contributed by atoms with E-state index in [1.807, 2.05) is 6.07 Å². The van der Waals surface area contributed by atoms with Crippen LogP contribution in [0.2, 0.25) is 5.02 Å². The molecule has 0 fully saturated rings. The average molecular weight is 403 g/mol. The molecule has 0 saturated carbocycles. The van der Waals surface area contributed by atoms with Crippen molar-refractivity contribution in [3.63, 3.8) is 0 Å². The van der Waals surface area contributed by atoms with Gasteiger partial charge < -0.3 is 18.8 Å². The fourth-order valence-corrected chi connectivity index (χ4v) is 2.96. The zero-order chi connectivity index (χ0) is 20.3. The van der Waals surface area contributed by atoms with E-state index in [1.165, 1.54) is 19.2 Å². The molecular formula is C20H16ClFN2O4. The number of carbonyl (C=O) groups is 1. The predicted molar refractivity (Wildman–Crippen MR) is 101 cm³/mol. The molecule has 0 bridgehead atoms. The van der Waals surface area contributed by atoms with Crippen LogP contribution >= 0.6 is 11.6 Å². The first-order valence-electron chi connectivity index (χ1n) is 8.33. The molecule has 0 amide bonds. The molecule has 0 atom stereocenters. The second-order valence-electron chi connectivity index (χ2n) is 5.76. The first-order valence-corrected chi connectivity index (χ1v) is 8.71. The van der Waals surface area contributed by atoms with Gasteiger partial charge in [-0.15, -0.1) is 0 Å². The molecule has 28 heavy (non-hydrogen) atoms. The number of halogens is 2. The molecule has 3 aromatic rings. The van der Waals surface area contributed by atoms with Gasteiger partial charge in [0.25, 0.3) is 0 Å². The third-order valence-corrected chi connectivity index (χ3v) is 4.33. The Morgan fingerprint density at radius 1 is 1.32 bits per heavy atom. The molecule has 144 valence electrons. The molecule has 0 radical (unpaired) electrons. The molecule has 3 rings (SSSR count). The van der Waals surface area contributed by atoms with Crippen LogP contribution in [0.15, 0.2) is 36.5 Å². The normalized spacial score (nSPS) is 10.7. The minimum absolute atomic E-state index is 0.0599. The average Bonchev–Trinajstić information content (AvgIpc) is 3.04. The monoisotopic (exact) mass is 402 g/mol. The van der Waals surface area contributed by atoms with E-state index in [-0.39, 0.29) is 29.7 Å². The first kappa shape index (κ1) is 19.7. The van der Waals surface area contributed by atoms with E-state index in [9.17, 15) is 14.4 Å². The van der Waals surface area contributed by atoms with Gasteiger partial charge in [-0.25, -0.2) is 9.18 Å². The highest BCUT2D eigenvalue weighted by Gasteiger charge is 2.18. The van der Waals surface area contributed by atoms with Gasteiger partial charge in [-0.2, -0.15) is 5.26 Å². The van der Waals surface area contributed by atoms with Crippen LogP contribution < -0.4 is 4.74 Å². The SMILES string of the molecule is CCOC(=O)c1ccc(-n2cc(C#N)c3cc(F)c(Cl)cc32)cc1OCOC. The van der Waals surface area contributed by atoms with E-state index in [1.54, 1.807) is 35.9 Å². The van der Waals surface area contributed by atoms with Gasteiger partial charge in [0.2, 0.25) is 0 Å². The second-order valence-corrected chi connectivity index (χ2v) is 6.17. The Morgan fingerprint density at radius 3 is 2.79 bits per heavy atom. The lowest BCUT2D eigenvalue weighted by Gasteiger charge is -2.13. The molecule has 8 heteroatoms. The number of carbonyl (C=O) groups excluding carboxylic acids is 1. The number of aromatic nitrogens is 1. The van der Waals surface area contributed by atoms with Crippen LogP contribution in [0.25, 0.3) is 16.6 Å². The Bertz CT molecular complexity index is 1090. The van der Waals surface area contributed by atoms with E-state index in [0.29, 0.717) is 22.2 Å². The summed E-state index contributed by atoms with van der Waals surface area (Å²) in [5.41, 5.74) is 1.67. The largest absolute Gasteiger partial charge is 0.467 e. The van der Waals surface area contributed by atoms with Crippen LogP contribution in [0, 0.1) is 17.1 Å². The number of fused-ring (bicyclic) bond motifs is 1. The van der Waals surface area contributed by atoms with Gasteiger partial charge >= 0.3 is 5.97 Å². The van der Waals surface area contributed by atoms with Gasteiger partial charge in [-0.1, -0.05) is 11.6 Å². The van der Waals surface area contributed by atoms with E-state index in [4.69, 9.17) is 25.8 Å². The van der Waals surface area contributed by atoms with E-state index >= 15 is 0 Å². The number of methoxy groups -OCH3 is 1. The van der Waals surface area contributed by atoms with Crippen molar-refractivity contribution in [1.82, 2.24) is 4.57 Å². The number of ether oxygens (including phenoxy) is 3. The highest BCUT2D eigenvalue weighted by molar-refractivity contribution is 6.31. The van der Waals surface area contributed by atoms with Crippen molar-refractivity contribution < 1.29 is 23.4 Å². The summed E-state index contributed by atoms with van der Waals surface area (Å²) in [5.74, 6) is -0.878. The summed E-state index contributed by atoms with van der Waals surface area (Å²) in [4.78, 5) is 12.2. The van der Waals surface area contributed by atoms with E-state index in [0.717, 1.165) is 0 Å². The van der Waals surface area contributed by atoms with Gasteiger partial charge in [0, 0.05) is 30.4 Å². The molecule has 0 spiro atoms. The fraction of sp³-hybridized carbons (Fsp3) is 0.200. The summed E-state index contributed by atoms with van der Waals surface area (Å²) in [6.07, 6.45) is 1.57. The Morgan fingerprint density at radius 2 is 2.11 bits per heavy atom. The maximum Gasteiger partial charge on any atom is 0.341 e. The highest BCUT2D eigenvalue weighted by atomic mass is 35.5. The molecule has 2 aromatic carbocycles. The Balaban J connectivity index is 2.17. The quantitative estimate of drug-likeness (QED) is 0.449. The molecule has 0 aliphatic carbocycles. The lowest BCUT2D eigenvalue weighted by Crippen LogP contribution is -2.10. The predicted octanol–water partition coefficient (Wildman–Crippen LogP) is 4.45. The van der Waals surface area contributed by atoms with Gasteiger partial charge in [0.15, 0.2) is 6.79 Å². The Hall–Kier alpha value is -3.08. The number of benzene rings is 2. The molecule has 0 aliphatic rings. The maximum atomic E-state index is 13.9. The Labute approximate surface area is 165 Å². The molecule has 0 aliphatic heterocycles.